The van der Waals surface area contributed by atoms with Crippen molar-refractivity contribution in [2.24, 2.45) is 0 Å². The summed E-state index contributed by atoms with van der Waals surface area (Å²) in [5.41, 5.74) is -0.738. The molecule has 1 aromatic heterocycles. The first kappa shape index (κ1) is 16.7. The fourth-order valence-electron chi connectivity index (χ4n) is 1.86. The van der Waals surface area contributed by atoms with E-state index in [9.17, 15) is 21.4 Å². The molecule has 96 valence electrons. The zero-order valence-electron chi connectivity index (χ0n) is 9.89. The van der Waals surface area contributed by atoms with Gasteiger partial charge >= 0.3 is 58.4 Å². The molecule has 2 heterocycles. The van der Waals surface area contributed by atoms with E-state index < -0.39 is 22.3 Å². The molecular formula is C8H11BF3KN2O2S. The van der Waals surface area contributed by atoms with Crippen LogP contribution in [0.25, 0.3) is 0 Å². The van der Waals surface area contributed by atoms with E-state index in [0.29, 0.717) is 12.8 Å². The Kier molecular flexibility index (Phi) is 5.53. The summed E-state index contributed by atoms with van der Waals surface area (Å²) < 4.78 is 60.8. The molecule has 0 aromatic carbocycles. The first-order chi connectivity index (χ1) is 7.78. The average molecular weight is 306 g/mol. The van der Waals surface area contributed by atoms with Gasteiger partial charge in [0.2, 0.25) is 0 Å². The molecule has 1 aliphatic heterocycles. The summed E-state index contributed by atoms with van der Waals surface area (Å²) in [5, 5.41) is 3.67. The van der Waals surface area contributed by atoms with Gasteiger partial charge in [-0.05, 0) is 19.0 Å². The smallest absolute Gasteiger partial charge is 0.445 e. The molecule has 0 unspecified atom stereocenters. The van der Waals surface area contributed by atoms with Crippen LogP contribution in [0, 0.1) is 0 Å². The molecule has 0 spiro atoms. The maximum atomic E-state index is 12.4. The Bertz CT molecular complexity index is 503. The van der Waals surface area contributed by atoms with Crippen LogP contribution in [0.3, 0.4) is 0 Å². The van der Waals surface area contributed by atoms with Crippen molar-refractivity contribution in [1.29, 1.82) is 0 Å². The van der Waals surface area contributed by atoms with Crippen LogP contribution < -0.4 is 56.8 Å². The number of sulfone groups is 1. The minimum atomic E-state index is -5.03. The molecule has 4 nitrogen and oxygen atoms in total. The standard InChI is InChI=1S/C8H11BF3N2O2S.K/c10-9(11,12)7-5-13-14(6-7)8-1-3-17(15,16)4-2-8;/h5-6,8H,1-4H2;/q-1;+1. The van der Waals surface area contributed by atoms with Crippen molar-refractivity contribution < 1.29 is 72.7 Å². The summed E-state index contributed by atoms with van der Waals surface area (Å²) in [6.45, 7) is -5.03. The predicted molar refractivity (Wildman–Crippen MR) is 57.9 cm³/mol. The molecule has 0 aliphatic carbocycles. The van der Waals surface area contributed by atoms with Gasteiger partial charge in [-0.2, -0.15) is 5.10 Å². The third-order valence-corrected chi connectivity index (χ3v) is 4.61. The van der Waals surface area contributed by atoms with Crippen molar-refractivity contribution >= 4 is 22.3 Å². The van der Waals surface area contributed by atoms with E-state index in [1.54, 1.807) is 0 Å². The maximum Gasteiger partial charge on any atom is 1.00 e. The molecule has 1 aliphatic rings. The minimum Gasteiger partial charge on any atom is -0.445 e. The van der Waals surface area contributed by atoms with Crippen LogP contribution in [0.4, 0.5) is 12.9 Å². The second kappa shape index (κ2) is 5.96. The van der Waals surface area contributed by atoms with E-state index in [1.807, 2.05) is 0 Å². The molecule has 1 aromatic rings. The van der Waals surface area contributed by atoms with Crippen LogP contribution in [0.5, 0.6) is 0 Å². The van der Waals surface area contributed by atoms with Gasteiger partial charge in [0, 0.05) is 6.20 Å². The number of hydrogen-bond acceptors (Lipinski definition) is 3. The van der Waals surface area contributed by atoms with Gasteiger partial charge in [0.25, 0.3) is 0 Å². The fraction of sp³-hybridized carbons (Fsp3) is 0.625. The van der Waals surface area contributed by atoms with Crippen LogP contribution in [-0.2, 0) is 9.84 Å². The van der Waals surface area contributed by atoms with E-state index in [4.69, 9.17) is 0 Å². The Balaban J connectivity index is 0.00000162. The van der Waals surface area contributed by atoms with Crippen LogP contribution >= 0.6 is 0 Å². The summed E-state index contributed by atoms with van der Waals surface area (Å²) in [7, 11) is -3.00. The molecule has 0 radical (unpaired) electrons. The van der Waals surface area contributed by atoms with E-state index in [0.717, 1.165) is 12.4 Å². The third-order valence-electron chi connectivity index (χ3n) is 2.90. The van der Waals surface area contributed by atoms with Crippen LogP contribution in [0.2, 0.25) is 0 Å². The third kappa shape index (κ3) is 4.07. The second-order valence-electron chi connectivity index (χ2n) is 4.21. The Morgan fingerprint density at radius 1 is 1.28 bits per heavy atom. The molecule has 18 heavy (non-hydrogen) atoms. The number of aromatic nitrogens is 2. The summed E-state index contributed by atoms with van der Waals surface area (Å²) in [5.74, 6) is 0.0358. The molecule has 0 atom stereocenters. The topological polar surface area (TPSA) is 52.0 Å². The molecule has 10 heteroatoms. The Labute approximate surface area is 146 Å². The Morgan fingerprint density at radius 3 is 2.28 bits per heavy atom. The first-order valence-corrected chi connectivity index (χ1v) is 7.04. The van der Waals surface area contributed by atoms with Gasteiger partial charge in [-0.25, -0.2) is 8.42 Å². The first-order valence-electron chi connectivity index (χ1n) is 5.22. The minimum absolute atomic E-state index is 0. The molecule has 0 N–H and O–H groups in total. The quantitative estimate of drug-likeness (QED) is 0.577. The van der Waals surface area contributed by atoms with Crippen LogP contribution in [0.15, 0.2) is 12.4 Å². The molecular weight excluding hydrogens is 295 g/mol. The van der Waals surface area contributed by atoms with Gasteiger partial charge < -0.3 is 12.9 Å². The zero-order chi connectivity index (χ0) is 12.7. The molecule has 0 bridgehead atoms. The van der Waals surface area contributed by atoms with E-state index in [-0.39, 0.29) is 68.9 Å². The summed E-state index contributed by atoms with van der Waals surface area (Å²) in [4.78, 5) is 0. The largest absolute Gasteiger partial charge is 1.00 e. The zero-order valence-corrected chi connectivity index (χ0v) is 13.8. The molecule has 2 rings (SSSR count). The summed E-state index contributed by atoms with van der Waals surface area (Å²) in [6.07, 6.45) is 2.41. The number of rotatable bonds is 2. The van der Waals surface area contributed by atoms with Crippen molar-refractivity contribution in [1.82, 2.24) is 9.78 Å². The molecule has 1 saturated heterocycles. The molecule has 1 fully saturated rings. The van der Waals surface area contributed by atoms with Crippen LogP contribution in [0.1, 0.15) is 18.9 Å². The number of hydrogen-bond donors (Lipinski definition) is 0. The van der Waals surface area contributed by atoms with Gasteiger partial charge in [-0.1, -0.05) is 5.46 Å². The van der Waals surface area contributed by atoms with Crippen molar-refractivity contribution in [2.75, 3.05) is 11.5 Å². The Morgan fingerprint density at radius 2 is 1.83 bits per heavy atom. The van der Waals surface area contributed by atoms with E-state index >= 15 is 0 Å². The Hall–Kier alpha value is 0.651. The van der Waals surface area contributed by atoms with Crippen LogP contribution in [-0.4, -0.2) is 36.7 Å². The van der Waals surface area contributed by atoms with E-state index in [2.05, 4.69) is 5.10 Å². The monoisotopic (exact) mass is 306 g/mol. The second-order valence-corrected chi connectivity index (χ2v) is 6.52. The number of halogens is 3. The number of nitrogens with zero attached hydrogens (tertiary/aromatic N) is 2. The van der Waals surface area contributed by atoms with Crippen molar-refractivity contribution in [3.05, 3.63) is 12.4 Å². The summed E-state index contributed by atoms with van der Waals surface area (Å²) in [6, 6.07) is -0.245. The normalized spacial score (nSPS) is 20.4. The molecule has 0 saturated carbocycles. The van der Waals surface area contributed by atoms with Gasteiger partial charge in [-0.15, -0.1) is 0 Å². The fourth-order valence-corrected chi connectivity index (χ4v) is 3.33. The summed E-state index contributed by atoms with van der Waals surface area (Å²) >= 11 is 0. The SMILES string of the molecule is O=S1(=O)CCC(n2cc([B-](F)(F)F)cn2)CC1.[K+]. The van der Waals surface area contributed by atoms with Gasteiger partial charge in [0.15, 0.2) is 0 Å². The molecule has 0 amide bonds. The van der Waals surface area contributed by atoms with Gasteiger partial charge in [0.1, 0.15) is 9.84 Å². The van der Waals surface area contributed by atoms with E-state index in [1.165, 1.54) is 4.68 Å². The predicted octanol–water partition coefficient (Wildman–Crippen LogP) is -2.31. The van der Waals surface area contributed by atoms with Crippen molar-refractivity contribution in [2.45, 2.75) is 18.9 Å². The van der Waals surface area contributed by atoms with Gasteiger partial charge in [-0.3, -0.25) is 4.68 Å². The average Bonchev–Trinajstić information content (AvgIpc) is 2.66. The van der Waals surface area contributed by atoms with Crippen molar-refractivity contribution in [3.63, 3.8) is 0 Å². The maximum absolute atomic E-state index is 12.4. The van der Waals surface area contributed by atoms with Gasteiger partial charge in [0.05, 0.1) is 17.5 Å². The van der Waals surface area contributed by atoms with Crippen molar-refractivity contribution in [3.8, 4) is 0 Å².